The Bertz CT molecular complexity index is 637. The Balaban J connectivity index is 2.62. The van der Waals surface area contributed by atoms with Crippen LogP contribution in [0.15, 0.2) is 22.7 Å². The van der Waals surface area contributed by atoms with Crippen molar-refractivity contribution in [1.29, 1.82) is 0 Å². The van der Waals surface area contributed by atoms with Gasteiger partial charge in [-0.1, -0.05) is 36.7 Å². The molecule has 0 bridgehead atoms. The largest absolute Gasteiger partial charge is 0.477 e. The lowest BCUT2D eigenvalue weighted by Gasteiger charge is -2.02. The van der Waals surface area contributed by atoms with Gasteiger partial charge in [-0.25, -0.2) is 9.18 Å². The maximum atomic E-state index is 13.4. The quantitative estimate of drug-likeness (QED) is 0.926. The standard InChI is InChI=1S/C13H11ClFNO3/c1-6(2)12-10(13(17)18)11(16-19-12)7-3-4-8(14)9(15)5-7/h3-6H,1-2H3,(H,17,18). The van der Waals surface area contributed by atoms with Crippen LogP contribution in [0.3, 0.4) is 0 Å². The van der Waals surface area contributed by atoms with E-state index in [4.69, 9.17) is 16.1 Å². The zero-order chi connectivity index (χ0) is 14.2. The van der Waals surface area contributed by atoms with E-state index in [0.717, 1.165) is 6.07 Å². The molecule has 0 radical (unpaired) electrons. The van der Waals surface area contributed by atoms with Gasteiger partial charge in [0.25, 0.3) is 0 Å². The van der Waals surface area contributed by atoms with Crippen molar-refractivity contribution < 1.29 is 18.8 Å². The van der Waals surface area contributed by atoms with Gasteiger partial charge in [0.05, 0.1) is 5.02 Å². The number of carbonyl (C=O) groups is 1. The van der Waals surface area contributed by atoms with E-state index < -0.39 is 11.8 Å². The van der Waals surface area contributed by atoms with Gasteiger partial charge in [-0.15, -0.1) is 0 Å². The SMILES string of the molecule is CC(C)c1onc(-c2ccc(Cl)c(F)c2)c1C(=O)O. The molecule has 1 N–H and O–H groups in total. The second-order valence-electron chi connectivity index (χ2n) is 4.36. The van der Waals surface area contributed by atoms with Crippen LogP contribution in [0.2, 0.25) is 5.02 Å². The molecule has 0 aliphatic heterocycles. The van der Waals surface area contributed by atoms with Crippen molar-refractivity contribution in [2.75, 3.05) is 0 Å². The molecule has 100 valence electrons. The first-order chi connectivity index (χ1) is 8.91. The first-order valence-corrected chi connectivity index (χ1v) is 5.98. The predicted octanol–water partition coefficient (Wildman–Crippen LogP) is 3.96. The van der Waals surface area contributed by atoms with Gasteiger partial charge >= 0.3 is 5.97 Å². The zero-order valence-electron chi connectivity index (χ0n) is 10.3. The molecule has 0 aliphatic rings. The van der Waals surface area contributed by atoms with E-state index >= 15 is 0 Å². The van der Waals surface area contributed by atoms with Crippen LogP contribution in [0.5, 0.6) is 0 Å². The number of halogens is 2. The Hall–Kier alpha value is -1.88. The molecular formula is C13H11ClFNO3. The number of aromatic nitrogens is 1. The third-order valence-electron chi connectivity index (χ3n) is 2.65. The van der Waals surface area contributed by atoms with E-state index in [1.54, 1.807) is 13.8 Å². The lowest BCUT2D eigenvalue weighted by atomic mass is 10.0. The molecule has 1 aromatic heterocycles. The molecule has 4 nitrogen and oxygen atoms in total. The molecule has 1 aromatic carbocycles. The molecule has 6 heteroatoms. The highest BCUT2D eigenvalue weighted by Gasteiger charge is 2.25. The fourth-order valence-corrected chi connectivity index (χ4v) is 1.86. The molecule has 0 atom stereocenters. The van der Waals surface area contributed by atoms with E-state index in [2.05, 4.69) is 5.16 Å². The second-order valence-corrected chi connectivity index (χ2v) is 4.77. The number of carboxylic acids is 1. The summed E-state index contributed by atoms with van der Waals surface area (Å²) < 4.78 is 18.5. The molecule has 0 saturated heterocycles. The van der Waals surface area contributed by atoms with E-state index in [9.17, 15) is 14.3 Å². The summed E-state index contributed by atoms with van der Waals surface area (Å²) in [6.45, 7) is 3.58. The Morgan fingerprint density at radius 2 is 2.16 bits per heavy atom. The summed E-state index contributed by atoms with van der Waals surface area (Å²) in [5, 5.41) is 12.9. The van der Waals surface area contributed by atoms with E-state index in [0.29, 0.717) is 5.56 Å². The first-order valence-electron chi connectivity index (χ1n) is 5.60. The van der Waals surface area contributed by atoms with Crippen LogP contribution in [0.4, 0.5) is 4.39 Å². The molecule has 19 heavy (non-hydrogen) atoms. The van der Waals surface area contributed by atoms with Crippen LogP contribution in [0.25, 0.3) is 11.3 Å². The van der Waals surface area contributed by atoms with Crippen molar-refractivity contribution in [3.05, 3.63) is 40.4 Å². The molecule has 0 unspecified atom stereocenters. The number of carboxylic acid groups (broad SMARTS) is 1. The van der Waals surface area contributed by atoms with Gasteiger partial charge in [0.1, 0.15) is 17.1 Å². The number of aromatic carboxylic acids is 1. The monoisotopic (exact) mass is 283 g/mol. The van der Waals surface area contributed by atoms with Crippen molar-refractivity contribution in [1.82, 2.24) is 5.16 Å². The molecule has 2 aromatic rings. The lowest BCUT2D eigenvalue weighted by molar-refractivity contribution is 0.0694. The minimum Gasteiger partial charge on any atom is -0.477 e. The van der Waals surface area contributed by atoms with Crippen molar-refractivity contribution >= 4 is 17.6 Å². The minimum absolute atomic E-state index is 0.0341. The smallest absolute Gasteiger partial charge is 0.341 e. The summed E-state index contributed by atoms with van der Waals surface area (Å²) in [5.74, 6) is -1.66. The summed E-state index contributed by atoms with van der Waals surface area (Å²) >= 11 is 5.59. The zero-order valence-corrected chi connectivity index (χ0v) is 11.0. The molecule has 0 amide bonds. The molecule has 0 saturated carbocycles. The highest BCUT2D eigenvalue weighted by atomic mass is 35.5. The fraction of sp³-hybridized carbons (Fsp3) is 0.231. The van der Waals surface area contributed by atoms with Crippen LogP contribution >= 0.6 is 11.6 Å². The van der Waals surface area contributed by atoms with Gasteiger partial charge in [0.15, 0.2) is 5.76 Å². The molecular weight excluding hydrogens is 273 g/mol. The normalized spacial score (nSPS) is 11.0. The van der Waals surface area contributed by atoms with Gasteiger partial charge in [0, 0.05) is 11.5 Å². The number of hydrogen-bond acceptors (Lipinski definition) is 3. The van der Waals surface area contributed by atoms with Crippen molar-refractivity contribution in [2.45, 2.75) is 19.8 Å². The first kappa shape index (κ1) is 13.5. The van der Waals surface area contributed by atoms with E-state index in [-0.39, 0.29) is 28.0 Å². The summed E-state index contributed by atoms with van der Waals surface area (Å²) in [7, 11) is 0. The summed E-state index contributed by atoms with van der Waals surface area (Å²) in [6, 6.07) is 3.98. The highest BCUT2D eigenvalue weighted by Crippen LogP contribution is 2.31. The topological polar surface area (TPSA) is 63.3 Å². The highest BCUT2D eigenvalue weighted by molar-refractivity contribution is 6.30. The molecule has 2 rings (SSSR count). The Kier molecular flexibility index (Phi) is 3.57. The third kappa shape index (κ3) is 2.46. The molecule has 0 fully saturated rings. The van der Waals surface area contributed by atoms with Crippen LogP contribution in [-0.4, -0.2) is 16.2 Å². The van der Waals surface area contributed by atoms with Gasteiger partial charge in [-0.05, 0) is 12.1 Å². The Morgan fingerprint density at radius 1 is 1.47 bits per heavy atom. The number of benzene rings is 1. The predicted molar refractivity (Wildman–Crippen MR) is 68.0 cm³/mol. The number of nitrogens with zero attached hydrogens (tertiary/aromatic N) is 1. The van der Waals surface area contributed by atoms with Crippen LogP contribution in [0, 0.1) is 5.82 Å². The fourth-order valence-electron chi connectivity index (χ4n) is 1.74. The van der Waals surface area contributed by atoms with Crippen LogP contribution in [-0.2, 0) is 0 Å². The van der Waals surface area contributed by atoms with Gasteiger partial charge < -0.3 is 9.63 Å². The van der Waals surface area contributed by atoms with Gasteiger partial charge in [-0.2, -0.15) is 0 Å². The van der Waals surface area contributed by atoms with Gasteiger partial charge in [-0.3, -0.25) is 0 Å². The van der Waals surface area contributed by atoms with Crippen molar-refractivity contribution in [3.63, 3.8) is 0 Å². The molecule has 0 aliphatic carbocycles. The number of rotatable bonds is 3. The third-order valence-corrected chi connectivity index (χ3v) is 2.96. The summed E-state index contributed by atoms with van der Waals surface area (Å²) in [6.07, 6.45) is 0. The molecule has 1 heterocycles. The van der Waals surface area contributed by atoms with Crippen molar-refractivity contribution in [3.8, 4) is 11.3 Å². The maximum absolute atomic E-state index is 13.4. The van der Waals surface area contributed by atoms with Gasteiger partial charge in [0.2, 0.25) is 0 Å². The minimum atomic E-state index is -1.16. The summed E-state index contributed by atoms with van der Waals surface area (Å²) in [4.78, 5) is 11.3. The lowest BCUT2D eigenvalue weighted by Crippen LogP contribution is -2.02. The van der Waals surface area contributed by atoms with E-state index in [1.165, 1.54) is 12.1 Å². The molecule has 0 spiro atoms. The van der Waals surface area contributed by atoms with Crippen molar-refractivity contribution in [2.24, 2.45) is 0 Å². The van der Waals surface area contributed by atoms with Crippen LogP contribution < -0.4 is 0 Å². The summed E-state index contributed by atoms with van der Waals surface area (Å²) in [5.41, 5.74) is 0.374. The average Bonchev–Trinajstić information content (AvgIpc) is 2.77. The van der Waals surface area contributed by atoms with E-state index in [1.807, 2.05) is 0 Å². The second kappa shape index (κ2) is 5.01. The maximum Gasteiger partial charge on any atom is 0.341 e. The number of hydrogen-bond donors (Lipinski definition) is 1. The Morgan fingerprint density at radius 3 is 2.68 bits per heavy atom. The average molecular weight is 284 g/mol. The Labute approximate surface area is 113 Å². The van der Waals surface area contributed by atoms with Crippen LogP contribution in [0.1, 0.15) is 35.9 Å².